The predicted molar refractivity (Wildman–Crippen MR) is 101 cm³/mol. The molecule has 1 aliphatic heterocycles. The van der Waals surface area contributed by atoms with E-state index in [2.05, 4.69) is 32.1 Å². The van der Waals surface area contributed by atoms with Crippen LogP contribution in [0.15, 0.2) is 11.0 Å². The Balaban J connectivity index is 0.00000243. The van der Waals surface area contributed by atoms with Gasteiger partial charge in [-0.05, 0) is 13.8 Å². The molecular weight excluding hydrogens is 358 g/mol. The normalized spacial score (nSPS) is 13.7. The number of carbonyl (C=O) groups excluding carboxylic acids is 1. The first-order chi connectivity index (χ1) is 12.2. The topological polar surface area (TPSA) is 91.7 Å². The maximum atomic E-state index is 12.6. The van der Waals surface area contributed by atoms with Gasteiger partial charge in [0.15, 0.2) is 5.82 Å². The van der Waals surface area contributed by atoms with Gasteiger partial charge in [-0.2, -0.15) is 0 Å². The Labute approximate surface area is 157 Å². The van der Waals surface area contributed by atoms with Gasteiger partial charge in [0.05, 0.1) is 12.8 Å². The number of esters is 1. The highest BCUT2D eigenvalue weighted by Gasteiger charge is 2.23. The molecule has 0 aromatic carbocycles. The third-order valence-electron chi connectivity index (χ3n) is 4.06. The van der Waals surface area contributed by atoms with Crippen molar-refractivity contribution in [3.8, 4) is 11.8 Å². The van der Waals surface area contributed by atoms with Crippen LogP contribution >= 0.6 is 12.4 Å². The van der Waals surface area contributed by atoms with Gasteiger partial charge in [0.2, 0.25) is 0 Å². The minimum absolute atomic E-state index is 0. The molecule has 0 saturated carbocycles. The monoisotopic (exact) mass is 379 g/mol. The number of halogens is 1. The molecule has 140 valence electrons. The number of nitrogens with zero attached hydrogens (tertiary/aromatic N) is 3. The minimum Gasteiger partial charge on any atom is -0.461 e. The number of nitrogens with one attached hydrogen (secondary N) is 2. The molecule has 2 N–H and O–H groups in total. The van der Waals surface area contributed by atoms with E-state index in [4.69, 9.17) is 4.74 Å². The second-order valence-electron chi connectivity index (χ2n) is 5.65. The van der Waals surface area contributed by atoms with Crippen LogP contribution < -0.4 is 15.8 Å². The standard InChI is InChI=1S/C17H21N5O3.ClH/c1-3-5-6-12-14-16(23)19-13(17(24)25-4-2)11-22(14)20-15(12)21-9-7-18-8-10-21;/h11,18H,4,6-10H2,1-2H3,(H,19,23);1H. The number of piperazine rings is 1. The van der Waals surface area contributed by atoms with Crippen LogP contribution in [0.2, 0.25) is 0 Å². The van der Waals surface area contributed by atoms with Crippen LogP contribution in [-0.2, 0) is 11.2 Å². The van der Waals surface area contributed by atoms with Crippen molar-refractivity contribution in [2.75, 3.05) is 37.7 Å². The maximum Gasteiger partial charge on any atom is 0.356 e. The summed E-state index contributed by atoms with van der Waals surface area (Å²) in [5, 5.41) is 7.87. The highest BCUT2D eigenvalue weighted by atomic mass is 35.5. The summed E-state index contributed by atoms with van der Waals surface area (Å²) in [6.07, 6.45) is 1.93. The molecule has 1 fully saturated rings. The Bertz CT molecular complexity index is 903. The maximum absolute atomic E-state index is 12.6. The fourth-order valence-electron chi connectivity index (χ4n) is 2.91. The summed E-state index contributed by atoms with van der Waals surface area (Å²) < 4.78 is 6.43. The number of rotatable bonds is 4. The van der Waals surface area contributed by atoms with E-state index in [1.807, 2.05) is 0 Å². The first-order valence-corrected chi connectivity index (χ1v) is 8.32. The number of H-pyrrole nitrogens is 1. The number of aromatic amines is 1. The van der Waals surface area contributed by atoms with Crippen LogP contribution in [-0.4, -0.2) is 53.4 Å². The summed E-state index contributed by atoms with van der Waals surface area (Å²) in [5.74, 6) is 6.05. The molecule has 1 aliphatic rings. The van der Waals surface area contributed by atoms with Gasteiger partial charge >= 0.3 is 5.97 Å². The summed E-state index contributed by atoms with van der Waals surface area (Å²) in [5.41, 5.74) is 0.923. The summed E-state index contributed by atoms with van der Waals surface area (Å²) in [4.78, 5) is 29.3. The molecule has 26 heavy (non-hydrogen) atoms. The van der Waals surface area contributed by atoms with E-state index >= 15 is 0 Å². The molecule has 0 amide bonds. The summed E-state index contributed by atoms with van der Waals surface area (Å²) in [6, 6.07) is 0. The van der Waals surface area contributed by atoms with Crippen LogP contribution in [0.4, 0.5) is 5.82 Å². The van der Waals surface area contributed by atoms with E-state index in [-0.39, 0.29) is 30.3 Å². The highest BCUT2D eigenvalue weighted by molar-refractivity contribution is 5.87. The number of ether oxygens (including phenoxy) is 1. The smallest absolute Gasteiger partial charge is 0.356 e. The van der Waals surface area contributed by atoms with Gasteiger partial charge < -0.3 is 19.9 Å². The zero-order valence-electron chi connectivity index (χ0n) is 14.8. The van der Waals surface area contributed by atoms with E-state index in [1.165, 1.54) is 10.7 Å². The van der Waals surface area contributed by atoms with Crippen LogP contribution in [0.5, 0.6) is 0 Å². The number of aromatic nitrogens is 3. The van der Waals surface area contributed by atoms with Crippen molar-refractivity contribution in [2.24, 2.45) is 0 Å². The first-order valence-electron chi connectivity index (χ1n) is 8.32. The molecule has 0 radical (unpaired) electrons. The van der Waals surface area contributed by atoms with E-state index in [1.54, 1.807) is 13.8 Å². The third-order valence-corrected chi connectivity index (χ3v) is 4.06. The lowest BCUT2D eigenvalue weighted by Crippen LogP contribution is -2.44. The number of fused-ring (bicyclic) bond motifs is 1. The minimum atomic E-state index is -0.573. The van der Waals surface area contributed by atoms with Crippen LogP contribution in [0.25, 0.3) is 5.52 Å². The molecule has 0 atom stereocenters. The van der Waals surface area contributed by atoms with Crippen molar-refractivity contribution in [3.05, 3.63) is 27.8 Å². The molecule has 9 heteroatoms. The van der Waals surface area contributed by atoms with Crippen LogP contribution in [0.3, 0.4) is 0 Å². The molecule has 8 nitrogen and oxygen atoms in total. The van der Waals surface area contributed by atoms with Crippen LogP contribution in [0, 0.1) is 11.8 Å². The average Bonchev–Trinajstić information content (AvgIpc) is 3.00. The van der Waals surface area contributed by atoms with Gasteiger partial charge in [0.1, 0.15) is 11.2 Å². The summed E-state index contributed by atoms with van der Waals surface area (Å²) in [7, 11) is 0. The van der Waals surface area contributed by atoms with Crippen molar-refractivity contribution < 1.29 is 9.53 Å². The van der Waals surface area contributed by atoms with Gasteiger partial charge in [-0.3, -0.25) is 4.79 Å². The van der Waals surface area contributed by atoms with Gasteiger partial charge in [-0.15, -0.1) is 23.4 Å². The average molecular weight is 380 g/mol. The molecular formula is C17H22ClN5O3. The van der Waals surface area contributed by atoms with E-state index in [0.29, 0.717) is 11.9 Å². The van der Waals surface area contributed by atoms with Gasteiger partial charge in [-0.1, -0.05) is 5.92 Å². The van der Waals surface area contributed by atoms with Crippen molar-refractivity contribution in [2.45, 2.75) is 20.3 Å². The zero-order chi connectivity index (χ0) is 17.8. The Hall–Kier alpha value is -2.50. The first kappa shape index (κ1) is 19.8. The van der Waals surface area contributed by atoms with Crippen LogP contribution in [0.1, 0.15) is 29.9 Å². The molecule has 3 heterocycles. The Morgan fingerprint density at radius 2 is 2.12 bits per heavy atom. The highest BCUT2D eigenvalue weighted by Crippen LogP contribution is 2.23. The zero-order valence-corrected chi connectivity index (χ0v) is 15.6. The number of hydrogen-bond donors (Lipinski definition) is 2. The van der Waals surface area contributed by atoms with Gasteiger partial charge in [0.25, 0.3) is 5.56 Å². The molecule has 1 saturated heterocycles. The lowest BCUT2D eigenvalue weighted by atomic mass is 10.1. The summed E-state index contributed by atoms with van der Waals surface area (Å²) >= 11 is 0. The SMILES string of the molecule is CC#CCc1c(N2CCNCC2)nn2cc(C(=O)OCC)[nH]c(=O)c12.Cl. The fraction of sp³-hybridized carbons (Fsp3) is 0.471. The van der Waals surface area contributed by atoms with E-state index < -0.39 is 5.97 Å². The van der Waals surface area contributed by atoms with E-state index in [0.717, 1.165) is 37.6 Å². The fourth-order valence-corrected chi connectivity index (χ4v) is 2.91. The van der Waals surface area contributed by atoms with Crippen molar-refractivity contribution in [3.63, 3.8) is 0 Å². The molecule has 2 aromatic rings. The molecule has 3 rings (SSSR count). The lowest BCUT2D eigenvalue weighted by molar-refractivity contribution is 0.0518. The van der Waals surface area contributed by atoms with Gasteiger partial charge in [0, 0.05) is 38.2 Å². The molecule has 0 spiro atoms. The number of carbonyl (C=O) groups is 1. The number of hydrogen-bond acceptors (Lipinski definition) is 6. The Morgan fingerprint density at radius 3 is 2.77 bits per heavy atom. The predicted octanol–water partition coefficient (Wildman–Crippen LogP) is 0.596. The molecule has 0 unspecified atom stereocenters. The quantitative estimate of drug-likeness (QED) is 0.597. The van der Waals surface area contributed by atoms with Crippen molar-refractivity contribution >= 4 is 29.7 Å². The third kappa shape index (κ3) is 3.84. The Kier molecular flexibility index (Phi) is 6.66. The van der Waals surface area contributed by atoms with Gasteiger partial charge in [-0.25, -0.2) is 9.31 Å². The Morgan fingerprint density at radius 1 is 1.38 bits per heavy atom. The van der Waals surface area contributed by atoms with E-state index in [9.17, 15) is 9.59 Å². The second-order valence-corrected chi connectivity index (χ2v) is 5.65. The second kappa shape index (κ2) is 8.74. The largest absolute Gasteiger partial charge is 0.461 e. The molecule has 2 aromatic heterocycles. The molecule has 0 aliphatic carbocycles. The van der Waals surface area contributed by atoms with Crippen molar-refractivity contribution in [1.29, 1.82) is 0 Å². The lowest BCUT2D eigenvalue weighted by Gasteiger charge is -2.28. The summed E-state index contributed by atoms with van der Waals surface area (Å²) in [6.45, 7) is 7.04. The molecule has 0 bridgehead atoms. The number of anilines is 1. The van der Waals surface area contributed by atoms with Crippen molar-refractivity contribution in [1.82, 2.24) is 19.9 Å².